The van der Waals surface area contributed by atoms with Gasteiger partial charge in [0.25, 0.3) is 0 Å². The minimum absolute atomic E-state index is 0.173. The van der Waals surface area contributed by atoms with Crippen LogP contribution in [0.3, 0.4) is 0 Å². The van der Waals surface area contributed by atoms with Crippen molar-refractivity contribution in [3.05, 3.63) is 56.2 Å². The van der Waals surface area contributed by atoms with Crippen molar-refractivity contribution >= 4 is 27.3 Å². The molecule has 4 heteroatoms. The fourth-order valence-corrected chi connectivity index (χ4v) is 3.65. The molecule has 0 aliphatic heterocycles. The van der Waals surface area contributed by atoms with Crippen LogP contribution in [0.4, 0.5) is 0 Å². The molecule has 1 aromatic carbocycles. The van der Waals surface area contributed by atoms with Crippen molar-refractivity contribution in [1.82, 2.24) is 5.43 Å². The quantitative estimate of drug-likeness (QED) is 0.648. The topological polar surface area (TPSA) is 38.0 Å². The highest BCUT2D eigenvalue weighted by molar-refractivity contribution is 9.11. The molecule has 1 unspecified atom stereocenters. The molecule has 0 amide bonds. The Kier molecular flexibility index (Phi) is 4.95. The minimum atomic E-state index is 0.173. The molecule has 2 nitrogen and oxygen atoms in total. The summed E-state index contributed by atoms with van der Waals surface area (Å²) < 4.78 is 1.16. The molecule has 1 atom stereocenters. The summed E-state index contributed by atoms with van der Waals surface area (Å²) in [6.07, 6.45) is 1.95. The summed E-state index contributed by atoms with van der Waals surface area (Å²) in [5, 5.41) is 0. The van der Waals surface area contributed by atoms with Gasteiger partial charge in [0.15, 0.2) is 0 Å². The number of nitrogens with one attached hydrogen (secondary N) is 1. The molecule has 0 aliphatic carbocycles. The van der Waals surface area contributed by atoms with Gasteiger partial charge in [0.05, 0.1) is 9.83 Å². The lowest BCUT2D eigenvalue weighted by Gasteiger charge is -2.18. The molecule has 0 aliphatic rings. The van der Waals surface area contributed by atoms with Gasteiger partial charge in [-0.1, -0.05) is 31.2 Å². The normalized spacial score (nSPS) is 12.6. The standard InChI is InChI=1S/C14H17BrN2S/c1-2-10-5-3-4-6-12(10)13(17-16)9-11-7-8-14(15)18-11/h3-8,13,17H,2,9,16H2,1H3. The Hall–Kier alpha value is -0.680. The third-order valence-electron chi connectivity index (χ3n) is 3.05. The molecule has 0 saturated heterocycles. The van der Waals surface area contributed by atoms with Crippen LogP contribution in [-0.4, -0.2) is 0 Å². The maximum Gasteiger partial charge on any atom is 0.0701 e. The molecule has 96 valence electrons. The first-order valence-electron chi connectivity index (χ1n) is 6.02. The number of benzene rings is 1. The molecule has 2 rings (SSSR count). The van der Waals surface area contributed by atoms with Crippen LogP contribution in [0.15, 0.2) is 40.2 Å². The van der Waals surface area contributed by atoms with E-state index in [0.29, 0.717) is 0 Å². The minimum Gasteiger partial charge on any atom is -0.271 e. The second-order valence-corrected chi connectivity index (χ2v) is 6.73. The Labute approximate surface area is 120 Å². The maximum absolute atomic E-state index is 5.73. The number of hydrazine groups is 1. The molecule has 0 bridgehead atoms. The van der Waals surface area contributed by atoms with E-state index in [4.69, 9.17) is 5.84 Å². The SMILES string of the molecule is CCc1ccccc1C(Cc1ccc(Br)s1)NN. The number of nitrogens with two attached hydrogens (primary N) is 1. The van der Waals surface area contributed by atoms with Gasteiger partial charge >= 0.3 is 0 Å². The van der Waals surface area contributed by atoms with E-state index >= 15 is 0 Å². The fraction of sp³-hybridized carbons (Fsp3) is 0.286. The average Bonchev–Trinajstić information content (AvgIpc) is 2.81. The van der Waals surface area contributed by atoms with Crippen LogP contribution in [0.1, 0.15) is 29.0 Å². The zero-order valence-corrected chi connectivity index (χ0v) is 12.7. The van der Waals surface area contributed by atoms with Crippen molar-refractivity contribution in [3.63, 3.8) is 0 Å². The smallest absolute Gasteiger partial charge is 0.0701 e. The lowest BCUT2D eigenvalue weighted by Crippen LogP contribution is -2.30. The third-order valence-corrected chi connectivity index (χ3v) is 4.69. The first-order chi connectivity index (χ1) is 8.74. The summed E-state index contributed by atoms with van der Waals surface area (Å²) in [6, 6.07) is 12.9. The van der Waals surface area contributed by atoms with Crippen molar-refractivity contribution in [3.8, 4) is 0 Å². The van der Waals surface area contributed by atoms with E-state index in [1.807, 2.05) is 0 Å². The number of thiophene rings is 1. The van der Waals surface area contributed by atoms with Crippen LogP contribution in [0.5, 0.6) is 0 Å². The summed E-state index contributed by atoms with van der Waals surface area (Å²) in [4.78, 5) is 1.33. The van der Waals surface area contributed by atoms with Crippen molar-refractivity contribution in [1.29, 1.82) is 0 Å². The van der Waals surface area contributed by atoms with E-state index in [-0.39, 0.29) is 6.04 Å². The first-order valence-corrected chi connectivity index (χ1v) is 7.63. The molecule has 18 heavy (non-hydrogen) atoms. The summed E-state index contributed by atoms with van der Waals surface area (Å²) >= 11 is 5.26. The Balaban J connectivity index is 2.22. The van der Waals surface area contributed by atoms with E-state index in [9.17, 15) is 0 Å². The van der Waals surface area contributed by atoms with Gasteiger partial charge in [0.1, 0.15) is 0 Å². The van der Waals surface area contributed by atoms with Gasteiger partial charge in [-0.25, -0.2) is 0 Å². The fourth-order valence-electron chi connectivity index (χ4n) is 2.12. The van der Waals surface area contributed by atoms with E-state index in [2.05, 4.69) is 64.7 Å². The number of hydrogen-bond donors (Lipinski definition) is 2. The van der Waals surface area contributed by atoms with Gasteiger partial charge in [0, 0.05) is 11.3 Å². The van der Waals surface area contributed by atoms with Crippen LogP contribution < -0.4 is 11.3 Å². The summed E-state index contributed by atoms with van der Waals surface area (Å²) in [6.45, 7) is 2.17. The average molecular weight is 325 g/mol. The van der Waals surface area contributed by atoms with Gasteiger partial charge in [-0.3, -0.25) is 11.3 Å². The van der Waals surface area contributed by atoms with Crippen molar-refractivity contribution < 1.29 is 0 Å². The van der Waals surface area contributed by atoms with E-state index in [0.717, 1.165) is 16.6 Å². The van der Waals surface area contributed by atoms with E-state index < -0.39 is 0 Å². The highest BCUT2D eigenvalue weighted by Crippen LogP contribution is 2.28. The molecule has 0 spiro atoms. The van der Waals surface area contributed by atoms with Gasteiger partial charge in [-0.05, 0) is 45.6 Å². The number of rotatable bonds is 5. The van der Waals surface area contributed by atoms with Crippen LogP contribution in [-0.2, 0) is 12.8 Å². The molecule has 1 heterocycles. The van der Waals surface area contributed by atoms with E-state index in [1.54, 1.807) is 11.3 Å². The van der Waals surface area contributed by atoms with Crippen molar-refractivity contribution in [2.45, 2.75) is 25.8 Å². The Morgan fingerprint density at radius 3 is 2.67 bits per heavy atom. The second-order valence-electron chi connectivity index (χ2n) is 4.18. The predicted octanol–water partition coefficient (Wildman–Crippen LogP) is 3.82. The van der Waals surface area contributed by atoms with Crippen LogP contribution >= 0.6 is 27.3 Å². The van der Waals surface area contributed by atoms with Crippen LogP contribution in [0.25, 0.3) is 0 Å². The van der Waals surface area contributed by atoms with Gasteiger partial charge in [-0.15, -0.1) is 11.3 Å². The maximum atomic E-state index is 5.73. The lowest BCUT2D eigenvalue weighted by molar-refractivity contribution is 0.551. The Morgan fingerprint density at radius 1 is 1.28 bits per heavy atom. The molecule has 0 radical (unpaired) electrons. The van der Waals surface area contributed by atoms with Gasteiger partial charge < -0.3 is 0 Å². The summed E-state index contributed by atoms with van der Waals surface area (Å²) in [5.74, 6) is 5.73. The molecule has 3 N–H and O–H groups in total. The molecule has 2 aromatic rings. The molecular weight excluding hydrogens is 308 g/mol. The monoisotopic (exact) mass is 324 g/mol. The number of halogens is 1. The predicted molar refractivity (Wildman–Crippen MR) is 81.6 cm³/mol. The second kappa shape index (κ2) is 6.48. The molecule has 0 fully saturated rings. The largest absolute Gasteiger partial charge is 0.271 e. The molecule has 1 aromatic heterocycles. The Morgan fingerprint density at radius 2 is 2.06 bits per heavy atom. The summed E-state index contributed by atoms with van der Waals surface area (Å²) in [5.41, 5.74) is 5.60. The molecular formula is C14H17BrN2S. The zero-order chi connectivity index (χ0) is 13.0. The van der Waals surface area contributed by atoms with Gasteiger partial charge in [0.2, 0.25) is 0 Å². The highest BCUT2D eigenvalue weighted by Gasteiger charge is 2.14. The van der Waals surface area contributed by atoms with Crippen molar-refractivity contribution in [2.24, 2.45) is 5.84 Å². The van der Waals surface area contributed by atoms with Crippen molar-refractivity contribution in [2.75, 3.05) is 0 Å². The highest BCUT2D eigenvalue weighted by atomic mass is 79.9. The summed E-state index contributed by atoms with van der Waals surface area (Å²) in [7, 11) is 0. The zero-order valence-electron chi connectivity index (χ0n) is 10.3. The Bertz CT molecular complexity index is 510. The lowest BCUT2D eigenvalue weighted by atomic mass is 9.96. The number of aryl methyl sites for hydroxylation is 1. The third kappa shape index (κ3) is 3.20. The van der Waals surface area contributed by atoms with E-state index in [1.165, 1.54) is 16.0 Å². The van der Waals surface area contributed by atoms with Crippen LogP contribution in [0.2, 0.25) is 0 Å². The number of hydrogen-bond acceptors (Lipinski definition) is 3. The molecule has 0 saturated carbocycles. The van der Waals surface area contributed by atoms with Crippen LogP contribution in [0, 0.1) is 0 Å². The van der Waals surface area contributed by atoms with Gasteiger partial charge in [-0.2, -0.15) is 0 Å². The first kappa shape index (κ1) is 13.7.